The molecule has 1 saturated carbocycles. The minimum Gasteiger partial charge on any atom is -0.320 e. The van der Waals surface area contributed by atoms with Crippen LogP contribution in [0.25, 0.3) is 10.9 Å². The molecule has 1 amide bonds. The molecule has 4 rings (SSSR count). The Morgan fingerprint density at radius 2 is 1.81 bits per heavy atom. The highest BCUT2D eigenvalue weighted by Crippen LogP contribution is 2.40. The van der Waals surface area contributed by atoms with E-state index in [0.29, 0.717) is 10.9 Å². The van der Waals surface area contributed by atoms with E-state index in [1.807, 2.05) is 24.3 Å². The molecule has 0 spiro atoms. The Bertz CT molecular complexity index is 1000. The number of fused-ring (bicyclic) bond motifs is 1. The maximum Gasteiger partial charge on any atom is 0.237 e. The number of benzene rings is 2. The van der Waals surface area contributed by atoms with Crippen molar-refractivity contribution in [3.63, 3.8) is 0 Å². The molecule has 1 aliphatic rings. The van der Waals surface area contributed by atoms with Gasteiger partial charge >= 0.3 is 0 Å². The first-order chi connectivity index (χ1) is 13.0. The van der Waals surface area contributed by atoms with Crippen LogP contribution in [0.5, 0.6) is 0 Å². The van der Waals surface area contributed by atoms with Crippen molar-refractivity contribution in [2.45, 2.75) is 36.0 Å². The lowest BCUT2D eigenvalue weighted by Crippen LogP contribution is -2.24. The first-order valence-electron chi connectivity index (χ1n) is 8.71. The number of rotatable bonds is 5. The lowest BCUT2D eigenvalue weighted by atomic mass is 10.2. The molecule has 0 bridgehead atoms. The number of nitrogens with zero attached hydrogens (tertiary/aromatic N) is 2. The van der Waals surface area contributed by atoms with Gasteiger partial charge in [0.25, 0.3) is 0 Å². The molecule has 0 saturated heterocycles. The number of aromatic nitrogens is 2. The molecule has 2 aromatic carbocycles. The van der Waals surface area contributed by atoms with Crippen LogP contribution in [0, 0.1) is 11.6 Å². The van der Waals surface area contributed by atoms with Gasteiger partial charge in [0, 0.05) is 11.3 Å². The topological polar surface area (TPSA) is 54.9 Å². The number of carbonyl (C=O) groups is 1. The van der Waals surface area contributed by atoms with Gasteiger partial charge in [-0.1, -0.05) is 36.0 Å². The molecule has 1 atom stereocenters. The molecule has 1 fully saturated rings. The number of hydrogen-bond acceptors (Lipinski definition) is 4. The van der Waals surface area contributed by atoms with Crippen LogP contribution in [0.1, 0.15) is 31.5 Å². The van der Waals surface area contributed by atoms with Crippen LogP contribution in [0.15, 0.2) is 47.5 Å². The molecule has 0 aliphatic heterocycles. The standard InChI is InChI=1S/C20H17F2N3OS/c1-11(19(26)24-17-14(21)6-4-7-15(17)22)27-20-13-5-2-3-8-16(13)23-18(25-20)12-9-10-12/h2-8,11-12H,9-10H2,1H3,(H,24,26). The van der Waals surface area contributed by atoms with Gasteiger partial charge in [-0.15, -0.1) is 0 Å². The predicted molar refractivity (Wildman–Crippen MR) is 102 cm³/mol. The third kappa shape index (κ3) is 3.78. The number of amides is 1. The number of hydrogen-bond donors (Lipinski definition) is 1. The minimum absolute atomic E-state index is 0.380. The smallest absolute Gasteiger partial charge is 0.237 e. The zero-order valence-electron chi connectivity index (χ0n) is 14.6. The van der Waals surface area contributed by atoms with Crippen molar-refractivity contribution in [3.05, 3.63) is 59.9 Å². The number of para-hydroxylation sites is 2. The summed E-state index contributed by atoms with van der Waals surface area (Å²) in [6.07, 6.45) is 2.15. The minimum atomic E-state index is -0.802. The fourth-order valence-corrected chi connectivity index (χ4v) is 3.69. The van der Waals surface area contributed by atoms with E-state index in [1.165, 1.54) is 17.8 Å². The molecule has 4 nitrogen and oxygen atoms in total. The van der Waals surface area contributed by atoms with E-state index in [4.69, 9.17) is 0 Å². The van der Waals surface area contributed by atoms with Gasteiger partial charge in [0.05, 0.1) is 10.8 Å². The lowest BCUT2D eigenvalue weighted by molar-refractivity contribution is -0.115. The number of thioether (sulfide) groups is 1. The summed E-state index contributed by atoms with van der Waals surface area (Å²) in [6, 6.07) is 11.1. The molecule has 7 heteroatoms. The summed E-state index contributed by atoms with van der Waals surface area (Å²) >= 11 is 1.26. The van der Waals surface area contributed by atoms with Gasteiger partial charge in [-0.05, 0) is 38.0 Å². The van der Waals surface area contributed by atoms with Crippen molar-refractivity contribution in [1.82, 2.24) is 9.97 Å². The van der Waals surface area contributed by atoms with Crippen LogP contribution in [-0.4, -0.2) is 21.1 Å². The van der Waals surface area contributed by atoms with E-state index >= 15 is 0 Å². The van der Waals surface area contributed by atoms with Crippen LogP contribution in [-0.2, 0) is 4.79 Å². The highest BCUT2D eigenvalue weighted by atomic mass is 32.2. The molecule has 1 aliphatic carbocycles. The largest absolute Gasteiger partial charge is 0.320 e. The predicted octanol–water partition coefficient (Wildman–Crippen LogP) is 4.90. The van der Waals surface area contributed by atoms with E-state index in [-0.39, 0.29) is 0 Å². The Morgan fingerprint density at radius 1 is 1.11 bits per heavy atom. The molecule has 138 valence electrons. The van der Waals surface area contributed by atoms with Crippen molar-refractivity contribution >= 4 is 34.3 Å². The SMILES string of the molecule is CC(Sc1nc(C2CC2)nc2ccccc12)C(=O)Nc1c(F)cccc1F. The van der Waals surface area contributed by atoms with Gasteiger partial charge in [-0.3, -0.25) is 4.79 Å². The molecule has 3 aromatic rings. The van der Waals surface area contributed by atoms with Crippen molar-refractivity contribution in [2.24, 2.45) is 0 Å². The van der Waals surface area contributed by atoms with Gasteiger partial charge in [-0.2, -0.15) is 0 Å². The molecule has 1 unspecified atom stereocenters. The fourth-order valence-electron chi connectivity index (χ4n) is 2.74. The van der Waals surface area contributed by atoms with Gasteiger partial charge in [-0.25, -0.2) is 18.7 Å². The maximum absolute atomic E-state index is 13.8. The molecular weight excluding hydrogens is 368 g/mol. The molecule has 1 aromatic heterocycles. The Kier molecular flexibility index (Phi) is 4.78. The first-order valence-corrected chi connectivity index (χ1v) is 9.59. The van der Waals surface area contributed by atoms with Crippen molar-refractivity contribution in [2.75, 3.05) is 5.32 Å². The highest BCUT2D eigenvalue weighted by Gasteiger charge is 2.28. The van der Waals surface area contributed by atoms with Gasteiger partial charge in [0.15, 0.2) is 0 Å². The van der Waals surface area contributed by atoms with Crippen LogP contribution >= 0.6 is 11.8 Å². The Labute approximate surface area is 159 Å². The molecular formula is C20H17F2N3OS. The summed E-state index contributed by atoms with van der Waals surface area (Å²) in [7, 11) is 0. The normalized spacial score (nSPS) is 14.9. The molecule has 27 heavy (non-hydrogen) atoms. The summed E-state index contributed by atoms with van der Waals surface area (Å²) in [5, 5.41) is 3.33. The third-order valence-corrected chi connectivity index (χ3v) is 5.50. The van der Waals surface area contributed by atoms with Crippen molar-refractivity contribution in [3.8, 4) is 0 Å². The summed E-state index contributed by atoms with van der Waals surface area (Å²) in [5.74, 6) is -0.915. The zero-order valence-corrected chi connectivity index (χ0v) is 15.4. The zero-order chi connectivity index (χ0) is 19.0. The second kappa shape index (κ2) is 7.23. The van der Waals surface area contributed by atoms with E-state index in [0.717, 1.165) is 41.7 Å². The number of halogens is 2. The lowest BCUT2D eigenvalue weighted by Gasteiger charge is -2.14. The van der Waals surface area contributed by atoms with Crippen molar-refractivity contribution in [1.29, 1.82) is 0 Å². The second-order valence-corrected chi connectivity index (χ2v) is 7.85. The van der Waals surface area contributed by atoms with Crippen molar-refractivity contribution < 1.29 is 13.6 Å². The van der Waals surface area contributed by atoms with Gasteiger partial charge < -0.3 is 5.32 Å². The Morgan fingerprint density at radius 3 is 2.52 bits per heavy atom. The fraction of sp³-hybridized carbons (Fsp3) is 0.250. The summed E-state index contributed by atoms with van der Waals surface area (Å²) in [4.78, 5) is 21.7. The van der Waals surface area contributed by atoms with Gasteiger partial charge in [0.2, 0.25) is 5.91 Å². The highest BCUT2D eigenvalue weighted by molar-refractivity contribution is 8.00. The van der Waals surface area contributed by atoms with E-state index < -0.39 is 28.5 Å². The van der Waals surface area contributed by atoms with E-state index in [9.17, 15) is 13.6 Å². The Hall–Kier alpha value is -2.54. The Balaban J connectivity index is 1.59. The number of carbonyl (C=O) groups excluding carboxylic acids is 1. The van der Waals surface area contributed by atoms with Crippen LogP contribution in [0.2, 0.25) is 0 Å². The summed E-state index contributed by atoms with van der Waals surface area (Å²) in [6.45, 7) is 1.69. The van der Waals surface area contributed by atoms with E-state index in [2.05, 4.69) is 15.3 Å². The quantitative estimate of drug-likeness (QED) is 0.501. The summed E-state index contributed by atoms with van der Waals surface area (Å²) in [5.41, 5.74) is 0.408. The molecule has 1 heterocycles. The van der Waals surface area contributed by atoms with Gasteiger partial charge in [0.1, 0.15) is 28.2 Å². The average Bonchev–Trinajstić information content (AvgIpc) is 3.50. The number of nitrogens with one attached hydrogen (secondary N) is 1. The number of anilines is 1. The van der Waals surface area contributed by atoms with E-state index in [1.54, 1.807) is 6.92 Å². The average molecular weight is 385 g/mol. The molecule has 0 radical (unpaired) electrons. The third-order valence-electron chi connectivity index (χ3n) is 4.40. The second-order valence-electron chi connectivity index (χ2n) is 6.52. The molecule has 1 N–H and O–H groups in total. The first kappa shape index (κ1) is 17.9. The van der Waals surface area contributed by atoms with Crippen LogP contribution < -0.4 is 5.32 Å². The summed E-state index contributed by atoms with van der Waals surface area (Å²) < 4.78 is 27.6. The maximum atomic E-state index is 13.8. The monoisotopic (exact) mass is 385 g/mol. The van der Waals surface area contributed by atoms with Crippen LogP contribution in [0.4, 0.5) is 14.5 Å². The van der Waals surface area contributed by atoms with Crippen LogP contribution in [0.3, 0.4) is 0 Å².